The fraction of sp³-hybridized carbons (Fsp3) is 0.471. The van der Waals surface area contributed by atoms with Crippen molar-refractivity contribution in [3.63, 3.8) is 0 Å². The van der Waals surface area contributed by atoms with Crippen molar-refractivity contribution in [2.24, 2.45) is 5.92 Å². The predicted octanol–water partition coefficient (Wildman–Crippen LogP) is 2.89. The van der Waals surface area contributed by atoms with E-state index in [-0.39, 0.29) is 0 Å². The average molecular weight is 348 g/mol. The molecule has 6 nitrogen and oxygen atoms in total. The van der Waals surface area contributed by atoms with Gasteiger partial charge in [0.05, 0.1) is 6.61 Å². The van der Waals surface area contributed by atoms with Crippen molar-refractivity contribution < 1.29 is 4.74 Å². The van der Waals surface area contributed by atoms with Crippen molar-refractivity contribution >= 4 is 23.2 Å². The lowest BCUT2D eigenvalue weighted by Gasteiger charge is -2.32. The van der Waals surface area contributed by atoms with Gasteiger partial charge in [0.15, 0.2) is 0 Å². The molecule has 3 heterocycles. The van der Waals surface area contributed by atoms with Crippen LogP contribution < -0.4 is 14.5 Å². The van der Waals surface area contributed by atoms with E-state index in [1.54, 1.807) is 24.7 Å². The molecule has 0 unspecified atom stereocenters. The molecule has 1 aliphatic heterocycles. The van der Waals surface area contributed by atoms with E-state index < -0.39 is 0 Å². The zero-order valence-corrected chi connectivity index (χ0v) is 14.8. The molecule has 1 fully saturated rings. The average Bonchev–Trinajstić information content (AvgIpc) is 2.61. The van der Waals surface area contributed by atoms with Gasteiger partial charge in [-0.05, 0) is 30.9 Å². The first-order valence-corrected chi connectivity index (χ1v) is 8.49. The molecule has 0 bridgehead atoms. The predicted molar refractivity (Wildman–Crippen MR) is 96.0 cm³/mol. The Morgan fingerprint density at radius 2 is 2.04 bits per heavy atom. The molecular formula is C17H22ClN5O. The highest BCUT2D eigenvalue weighted by Crippen LogP contribution is 2.25. The van der Waals surface area contributed by atoms with Crippen LogP contribution in [-0.4, -0.2) is 48.7 Å². The third kappa shape index (κ3) is 4.06. The summed E-state index contributed by atoms with van der Waals surface area (Å²) in [5.74, 6) is 2.94. The van der Waals surface area contributed by atoms with Crippen LogP contribution in [0.15, 0.2) is 30.7 Å². The minimum atomic E-state index is 0.509. The molecule has 0 aliphatic carbocycles. The number of rotatable bonds is 5. The standard InChI is InChI=1S/C17H22ClN5O/c1-22(2)15-10-16(21-12-20-15)23-8-5-13(6-9-23)11-24-17-14(18)4-3-7-19-17/h3-4,7,10,12-13H,5-6,8-9,11H2,1-2H3. The van der Waals surface area contributed by atoms with E-state index in [0.29, 0.717) is 23.4 Å². The molecule has 128 valence electrons. The fourth-order valence-corrected chi connectivity index (χ4v) is 2.93. The van der Waals surface area contributed by atoms with Crippen molar-refractivity contribution in [1.29, 1.82) is 0 Å². The van der Waals surface area contributed by atoms with Crippen LogP contribution in [0.5, 0.6) is 5.88 Å². The molecule has 3 rings (SSSR count). The number of hydrogen-bond acceptors (Lipinski definition) is 6. The van der Waals surface area contributed by atoms with Crippen LogP contribution in [0.2, 0.25) is 5.02 Å². The fourth-order valence-electron chi connectivity index (χ4n) is 2.76. The lowest BCUT2D eigenvalue weighted by Crippen LogP contribution is -2.36. The lowest BCUT2D eigenvalue weighted by atomic mass is 9.98. The van der Waals surface area contributed by atoms with Gasteiger partial charge in [-0.25, -0.2) is 15.0 Å². The molecule has 0 atom stereocenters. The lowest BCUT2D eigenvalue weighted by molar-refractivity contribution is 0.216. The number of anilines is 2. The van der Waals surface area contributed by atoms with Gasteiger partial charge in [0.1, 0.15) is 23.0 Å². The summed E-state index contributed by atoms with van der Waals surface area (Å²) >= 11 is 6.07. The summed E-state index contributed by atoms with van der Waals surface area (Å²) in [5.41, 5.74) is 0. The van der Waals surface area contributed by atoms with Crippen LogP contribution in [0, 0.1) is 5.92 Å². The van der Waals surface area contributed by atoms with Crippen LogP contribution in [0.1, 0.15) is 12.8 Å². The third-order valence-electron chi connectivity index (χ3n) is 4.22. The number of aromatic nitrogens is 3. The topological polar surface area (TPSA) is 54.4 Å². The maximum atomic E-state index is 6.07. The second-order valence-electron chi connectivity index (χ2n) is 6.16. The summed E-state index contributed by atoms with van der Waals surface area (Å²) < 4.78 is 5.77. The molecular weight excluding hydrogens is 326 g/mol. The quantitative estimate of drug-likeness (QED) is 0.829. The smallest absolute Gasteiger partial charge is 0.232 e. The minimum absolute atomic E-state index is 0.509. The molecule has 2 aromatic heterocycles. The van der Waals surface area contributed by atoms with Crippen molar-refractivity contribution in [3.05, 3.63) is 35.7 Å². The van der Waals surface area contributed by atoms with Crippen LogP contribution in [0.4, 0.5) is 11.6 Å². The maximum absolute atomic E-state index is 6.07. The molecule has 1 saturated heterocycles. The first-order chi connectivity index (χ1) is 11.6. The Kier molecular flexibility index (Phi) is 5.35. The van der Waals surface area contributed by atoms with E-state index in [1.165, 1.54) is 0 Å². The summed E-state index contributed by atoms with van der Waals surface area (Å²) in [4.78, 5) is 17.1. The first-order valence-electron chi connectivity index (χ1n) is 8.11. The number of ether oxygens (including phenoxy) is 1. The molecule has 7 heteroatoms. The molecule has 0 N–H and O–H groups in total. The Labute approximate surface area is 147 Å². The molecule has 0 spiro atoms. The molecule has 24 heavy (non-hydrogen) atoms. The van der Waals surface area contributed by atoms with Crippen LogP contribution in [-0.2, 0) is 0 Å². The van der Waals surface area contributed by atoms with E-state index in [1.807, 2.05) is 25.1 Å². The SMILES string of the molecule is CN(C)c1cc(N2CCC(COc3ncccc3Cl)CC2)ncn1. The van der Waals surface area contributed by atoms with Crippen molar-refractivity contribution in [3.8, 4) is 5.88 Å². The zero-order chi connectivity index (χ0) is 16.9. The monoisotopic (exact) mass is 347 g/mol. The largest absolute Gasteiger partial charge is 0.476 e. The van der Waals surface area contributed by atoms with E-state index in [9.17, 15) is 0 Å². The van der Waals surface area contributed by atoms with E-state index >= 15 is 0 Å². The molecule has 2 aromatic rings. The maximum Gasteiger partial charge on any atom is 0.232 e. The molecule has 0 radical (unpaired) electrons. The van der Waals surface area contributed by atoms with Crippen LogP contribution in [0.3, 0.4) is 0 Å². The normalized spacial score (nSPS) is 15.4. The van der Waals surface area contributed by atoms with Gasteiger partial charge in [-0.1, -0.05) is 11.6 Å². The van der Waals surface area contributed by atoms with Gasteiger partial charge in [-0.2, -0.15) is 0 Å². The molecule has 0 saturated carbocycles. The summed E-state index contributed by atoms with van der Waals surface area (Å²) in [6.07, 6.45) is 5.45. The Balaban J connectivity index is 1.52. The number of nitrogens with zero attached hydrogens (tertiary/aromatic N) is 5. The summed E-state index contributed by atoms with van der Waals surface area (Å²) in [6.45, 7) is 2.58. The van der Waals surface area contributed by atoms with Gasteiger partial charge in [0.2, 0.25) is 5.88 Å². The van der Waals surface area contributed by atoms with Gasteiger partial charge < -0.3 is 14.5 Å². The summed E-state index contributed by atoms with van der Waals surface area (Å²) in [6, 6.07) is 5.63. The van der Waals surface area contributed by atoms with Gasteiger partial charge in [-0.15, -0.1) is 0 Å². The number of piperidine rings is 1. The number of halogens is 1. The Morgan fingerprint density at radius 1 is 1.25 bits per heavy atom. The van der Waals surface area contributed by atoms with Crippen molar-refractivity contribution in [2.75, 3.05) is 43.6 Å². The minimum Gasteiger partial charge on any atom is -0.476 e. The molecule has 1 aliphatic rings. The second-order valence-corrected chi connectivity index (χ2v) is 6.57. The molecule has 0 amide bonds. The molecule has 0 aromatic carbocycles. The highest BCUT2D eigenvalue weighted by Gasteiger charge is 2.21. The van der Waals surface area contributed by atoms with Crippen LogP contribution in [0.25, 0.3) is 0 Å². The van der Waals surface area contributed by atoms with Crippen LogP contribution >= 0.6 is 11.6 Å². The third-order valence-corrected chi connectivity index (χ3v) is 4.50. The highest BCUT2D eigenvalue weighted by molar-refractivity contribution is 6.31. The van der Waals surface area contributed by atoms with E-state index in [0.717, 1.165) is 37.6 Å². The number of pyridine rings is 1. The Morgan fingerprint density at radius 3 is 2.75 bits per heavy atom. The second kappa shape index (κ2) is 7.66. The highest BCUT2D eigenvalue weighted by atomic mass is 35.5. The Bertz CT molecular complexity index is 674. The van der Waals surface area contributed by atoms with Gasteiger partial charge in [-0.3, -0.25) is 0 Å². The summed E-state index contributed by atoms with van der Waals surface area (Å²) in [7, 11) is 3.97. The zero-order valence-electron chi connectivity index (χ0n) is 14.0. The summed E-state index contributed by atoms with van der Waals surface area (Å²) in [5, 5.41) is 0.562. The number of hydrogen-bond donors (Lipinski definition) is 0. The van der Waals surface area contributed by atoms with E-state index in [2.05, 4.69) is 19.9 Å². The Hall–Kier alpha value is -2.08. The van der Waals surface area contributed by atoms with Gasteiger partial charge in [0, 0.05) is 39.4 Å². The van der Waals surface area contributed by atoms with Crippen molar-refractivity contribution in [1.82, 2.24) is 15.0 Å². The van der Waals surface area contributed by atoms with Crippen molar-refractivity contribution in [2.45, 2.75) is 12.8 Å². The first kappa shape index (κ1) is 16.8. The van der Waals surface area contributed by atoms with E-state index in [4.69, 9.17) is 16.3 Å². The van der Waals surface area contributed by atoms with Gasteiger partial charge >= 0.3 is 0 Å². The van der Waals surface area contributed by atoms with Gasteiger partial charge in [0.25, 0.3) is 0 Å².